The van der Waals surface area contributed by atoms with E-state index in [0.717, 1.165) is 74.1 Å². The lowest BCUT2D eigenvalue weighted by Gasteiger charge is -2.50. The first-order valence-electron chi connectivity index (χ1n) is 12.8. The highest BCUT2D eigenvalue weighted by Crippen LogP contribution is 2.38. The summed E-state index contributed by atoms with van der Waals surface area (Å²) in [5.41, 5.74) is 3.40. The average Bonchev–Trinajstić information content (AvgIpc) is 2.83. The highest BCUT2D eigenvalue weighted by Gasteiger charge is 2.39. The van der Waals surface area contributed by atoms with Gasteiger partial charge in [-0.3, -0.25) is 9.69 Å². The molecule has 190 valence electrons. The molecular formula is C29H37F3N2O. The molecule has 0 saturated carbocycles. The number of aryl methyl sites for hydroxylation is 2. The van der Waals surface area contributed by atoms with E-state index >= 15 is 0 Å². The number of piperidine rings is 2. The van der Waals surface area contributed by atoms with Crippen molar-refractivity contribution >= 4 is 5.91 Å². The number of hydrogen-bond acceptors (Lipinski definition) is 2. The van der Waals surface area contributed by atoms with Gasteiger partial charge in [0.1, 0.15) is 0 Å². The molecule has 4 rings (SSSR count). The Labute approximate surface area is 207 Å². The van der Waals surface area contributed by atoms with E-state index in [4.69, 9.17) is 0 Å². The molecule has 1 unspecified atom stereocenters. The quantitative estimate of drug-likeness (QED) is 0.473. The molecule has 0 aliphatic carbocycles. The van der Waals surface area contributed by atoms with Crippen LogP contribution in [0.2, 0.25) is 0 Å². The Kier molecular flexibility index (Phi) is 7.33. The molecule has 0 N–H and O–H groups in total. The Balaban J connectivity index is 1.32. The lowest BCUT2D eigenvalue weighted by Crippen LogP contribution is -2.56. The van der Waals surface area contributed by atoms with Crippen molar-refractivity contribution in [1.82, 2.24) is 9.80 Å². The van der Waals surface area contributed by atoms with Crippen LogP contribution >= 0.6 is 0 Å². The van der Waals surface area contributed by atoms with Gasteiger partial charge in [0.15, 0.2) is 0 Å². The summed E-state index contributed by atoms with van der Waals surface area (Å²) in [6.07, 6.45) is -0.279. The van der Waals surface area contributed by atoms with Gasteiger partial charge in [0, 0.05) is 24.2 Å². The molecule has 2 aromatic rings. The Morgan fingerprint density at radius 1 is 0.943 bits per heavy atom. The second-order valence-corrected chi connectivity index (χ2v) is 10.8. The van der Waals surface area contributed by atoms with E-state index in [9.17, 15) is 18.0 Å². The van der Waals surface area contributed by atoms with Gasteiger partial charge in [-0.05, 0) is 100 Å². The first-order chi connectivity index (χ1) is 16.5. The molecule has 2 saturated heterocycles. The van der Waals surface area contributed by atoms with Crippen LogP contribution in [0.15, 0.2) is 42.5 Å². The van der Waals surface area contributed by atoms with Gasteiger partial charge in [-0.15, -0.1) is 0 Å². The minimum absolute atomic E-state index is 0.0835. The van der Waals surface area contributed by atoms with Gasteiger partial charge in [-0.25, -0.2) is 0 Å². The van der Waals surface area contributed by atoms with Crippen molar-refractivity contribution in [3.63, 3.8) is 0 Å². The van der Waals surface area contributed by atoms with Crippen molar-refractivity contribution in [2.75, 3.05) is 26.2 Å². The summed E-state index contributed by atoms with van der Waals surface area (Å²) in [5, 5.41) is 0. The summed E-state index contributed by atoms with van der Waals surface area (Å²) in [6, 6.07) is 11.7. The van der Waals surface area contributed by atoms with Crippen LogP contribution < -0.4 is 0 Å². The Morgan fingerprint density at radius 3 is 2.00 bits per heavy atom. The predicted molar refractivity (Wildman–Crippen MR) is 134 cm³/mol. The number of amides is 1. The number of rotatable bonds is 4. The van der Waals surface area contributed by atoms with Crippen LogP contribution in [0.3, 0.4) is 0 Å². The van der Waals surface area contributed by atoms with Crippen LogP contribution in [0.1, 0.15) is 78.1 Å². The van der Waals surface area contributed by atoms with Crippen LogP contribution in [0.5, 0.6) is 0 Å². The summed E-state index contributed by atoms with van der Waals surface area (Å²) in [5.74, 6) is 0.855. The van der Waals surface area contributed by atoms with Gasteiger partial charge >= 0.3 is 6.18 Å². The maximum Gasteiger partial charge on any atom is 0.416 e. The van der Waals surface area contributed by atoms with Crippen molar-refractivity contribution in [3.05, 3.63) is 70.3 Å². The van der Waals surface area contributed by atoms with Gasteiger partial charge in [0.05, 0.1) is 5.56 Å². The van der Waals surface area contributed by atoms with Crippen LogP contribution in [0.4, 0.5) is 13.2 Å². The van der Waals surface area contributed by atoms with Crippen LogP contribution in [0.25, 0.3) is 0 Å². The fourth-order valence-corrected chi connectivity index (χ4v) is 6.00. The zero-order valence-electron chi connectivity index (χ0n) is 21.3. The van der Waals surface area contributed by atoms with Crippen molar-refractivity contribution in [2.45, 2.75) is 71.0 Å². The standard InChI is InChI=1S/C29H37F3N2O/c1-20-6-5-7-21(2)26(20)27(35)33-18-14-28(4,15-19-33)34-16-12-24(13-17-34)22(3)23-8-10-25(11-9-23)29(30,31)32/h5-11,22,24H,12-19H2,1-4H3. The van der Waals surface area contributed by atoms with E-state index in [0.29, 0.717) is 5.92 Å². The predicted octanol–water partition coefficient (Wildman–Crippen LogP) is 6.83. The largest absolute Gasteiger partial charge is 0.416 e. The zero-order chi connectivity index (χ0) is 25.4. The average molecular weight is 487 g/mol. The third kappa shape index (κ3) is 5.42. The van der Waals surface area contributed by atoms with Gasteiger partial charge in [-0.2, -0.15) is 13.2 Å². The molecule has 2 aromatic carbocycles. The monoisotopic (exact) mass is 486 g/mol. The van der Waals surface area contributed by atoms with Gasteiger partial charge in [0.2, 0.25) is 0 Å². The van der Waals surface area contributed by atoms with Crippen LogP contribution in [-0.4, -0.2) is 47.4 Å². The minimum Gasteiger partial charge on any atom is -0.338 e. The van der Waals surface area contributed by atoms with Gasteiger partial charge < -0.3 is 4.90 Å². The summed E-state index contributed by atoms with van der Waals surface area (Å²) in [7, 11) is 0. The molecule has 1 amide bonds. The number of hydrogen-bond donors (Lipinski definition) is 0. The fraction of sp³-hybridized carbons (Fsp3) is 0.552. The molecule has 2 heterocycles. The molecule has 2 fully saturated rings. The summed E-state index contributed by atoms with van der Waals surface area (Å²) in [6.45, 7) is 12.0. The molecule has 6 heteroatoms. The van der Waals surface area contributed by atoms with E-state index < -0.39 is 11.7 Å². The number of benzene rings is 2. The molecule has 2 aliphatic rings. The molecular weight excluding hydrogens is 449 g/mol. The maximum absolute atomic E-state index is 13.2. The third-order valence-corrected chi connectivity index (χ3v) is 8.60. The Bertz CT molecular complexity index is 1010. The Hall–Kier alpha value is -2.34. The summed E-state index contributed by atoms with van der Waals surface area (Å²) < 4.78 is 38.7. The SMILES string of the molecule is Cc1cccc(C)c1C(=O)N1CCC(C)(N2CCC(C(C)c3ccc(C(F)(F)F)cc3)CC2)CC1. The number of carbonyl (C=O) groups excluding carboxylic acids is 1. The molecule has 0 aromatic heterocycles. The summed E-state index contributed by atoms with van der Waals surface area (Å²) in [4.78, 5) is 17.8. The highest BCUT2D eigenvalue weighted by molar-refractivity contribution is 5.97. The van der Waals surface area contributed by atoms with E-state index in [1.165, 1.54) is 12.1 Å². The molecule has 1 atom stereocenters. The normalized spacial score (nSPS) is 20.6. The topological polar surface area (TPSA) is 23.6 Å². The second-order valence-electron chi connectivity index (χ2n) is 10.8. The van der Waals surface area contributed by atoms with E-state index in [1.807, 2.05) is 36.9 Å². The number of nitrogens with zero attached hydrogens (tertiary/aromatic N) is 2. The minimum atomic E-state index is -4.29. The fourth-order valence-electron chi connectivity index (χ4n) is 6.00. The maximum atomic E-state index is 13.2. The van der Waals surface area contributed by atoms with Crippen LogP contribution in [0, 0.1) is 19.8 Å². The molecule has 35 heavy (non-hydrogen) atoms. The summed E-state index contributed by atoms with van der Waals surface area (Å²) >= 11 is 0. The molecule has 0 bridgehead atoms. The third-order valence-electron chi connectivity index (χ3n) is 8.60. The van der Waals surface area contributed by atoms with Gasteiger partial charge in [-0.1, -0.05) is 37.3 Å². The zero-order valence-corrected chi connectivity index (χ0v) is 21.3. The number of alkyl halides is 3. The number of likely N-dealkylation sites (tertiary alicyclic amines) is 2. The molecule has 3 nitrogen and oxygen atoms in total. The van der Waals surface area contributed by atoms with Crippen molar-refractivity contribution in [3.8, 4) is 0 Å². The van der Waals surface area contributed by atoms with Crippen LogP contribution in [-0.2, 0) is 6.18 Å². The smallest absolute Gasteiger partial charge is 0.338 e. The van der Waals surface area contributed by atoms with Crippen molar-refractivity contribution < 1.29 is 18.0 Å². The first-order valence-corrected chi connectivity index (χ1v) is 12.8. The number of halogens is 3. The Morgan fingerprint density at radius 2 is 1.49 bits per heavy atom. The molecule has 0 radical (unpaired) electrons. The molecule has 2 aliphatic heterocycles. The van der Waals surface area contributed by atoms with Crippen molar-refractivity contribution in [1.29, 1.82) is 0 Å². The van der Waals surface area contributed by atoms with E-state index in [1.54, 1.807) is 12.1 Å². The highest BCUT2D eigenvalue weighted by atomic mass is 19.4. The van der Waals surface area contributed by atoms with E-state index in [2.05, 4.69) is 18.7 Å². The van der Waals surface area contributed by atoms with Crippen molar-refractivity contribution in [2.24, 2.45) is 5.92 Å². The van der Waals surface area contributed by atoms with Gasteiger partial charge in [0.25, 0.3) is 5.91 Å². The second kappa shape index (κ2) is 9.96. The lowest BCUT2D eigenvalue weighted by atomic mass is 9.78. The van der Waals surface area contributed by atoms with E-state index in [-0.39, 0.29) is 17.4 Å². The lowest BCUT2D eigenvalue weighted by molar-refractivity contribution is -0.137. The number of carbonyl (C=O) groups is 1. The molecule has 0 spiro atoms. The first kappa shape index (κ1) is 25.7.